The summed E-state index contributed by atoms with van der Waals surface area (Å²) >= 11 is 0. The topological polar surface area (TPSA) is 34.4 Å². The van der Waals surface area contributed by atoms with E-state index in [9.17, 15) is 5.11 Å². The summed E-state index contributed by atoms with van der Waals surface area (Å²) in [6, 6.07) is 9.21. The molecule has 0 radical (unpaired) electrons. The van der Waals surface area contributed by atoms with Crippen molar-refractivity contribution in [3.05, 3.63) is 30.5 Å². The van der Waals surface area contributed by atoms with Crippen molar-refractivity contribution >= 4 is 23.8 Å². The SMILES string of the molecule is Cn1c#cc2cc(BOC(C)(C)C(C)(C)O)ccc21. The largest absolute Gasteiger partial charge is 0.427 e. The van der Waals surface area contributed by atoms with Gasteiger partial charge in [0.15, 0.2) is 0 Å². The van der Waals surface area contributed by atoms with Crippen LogP contribution in [-0.2, 0) is 11.7 Å². The number of hydrogen-bond donors (Lipinski definition) is 1. The van der Waals surface area contributed by atoms with Gasteiger partial charge in [-0.25, -0.2) is 0 Å². The van der Waals surface area contributed by atoms with Crippen molar-refractivity contribution in [1.29, 1.82) is 0 Å². The first kappa shape index (κ1) is 14.0. The second-order valence-electron chi connectivity index (χ2n) is 6.01. The molecule has 0 aliphatic carbocycles. The molecule has 0 spiro atoms. The van der Waals surface area contributed by atoms with Crippen LogP contribution in [0.25, 0.3) is 10.9 Å². The van der Waals surface area contributed by atoms with E-state index in [1.807, 2.05) is 43.7 Å². The second-order valence-corrected chi connectivity index (χ2v) is 6.01. The Bertz CT molecular complexity index is 581. The fraction of sp³-hybridized carbons (Fsp3) is 0.467. The van der Waals surface area contributed by atoms with Gasteiger partial charge in [0.1, 0.15) is 0 Å². The highest BCUT2D eigenvalue weighted by Crippen LogP contribution is 2.24. The zero-order chi connectivity index (χ0) is 14.3. The van der Waals surface area contributed by atoms with Crippen molar-refractivity contribution in [2.24, 2.45) is 7.05 Å². The molecule has 100 valence electrons. The molecule has 2 aromatic rings. The van der Waals surface area contributed by atoms with E-state index in [2.05, 4.69) is 12.3 Å². The molecule has 1 N–H and O–H groups in total. The normalized spacial score (nSPS) is 12.5. The van der Waals surface area contributed by atoms with E-state index in [1.54, 1.807) is 13.8 Å². The Morgan fingerprint density at radius 2 is 1.95 bits per heavy atom. The lowest BCUT2D eigenvalue weighted by molar-refractivity contribution is -0.0893. The zero-order valence-electron chi connectivity index (χ0n) is 12.2. The molecule has 1 aromatic heterocycles. The lowest BCUT2D eigenvalue weighted by Crippen LogP contribution is -2.49. The minimum atomic E-state index is -0.885. The Labute approximate surface area is 115 Å². The lowest BCUT2D eigenvalue weighted by Gasteiger charge is -2.37. The van der Waals surface area contributed by atoms with Crippen molar-refractivity contribution in [2.45, 2.75) is 38.9 Å². The summed E-state index contributed by atoms with van der Waals surface area (Å²) in [5, 5.41) is 11.1. The Morgan fingerprint density at radius 1 is 1.26 bits per heavy atom. The number of benzene rings is 1. The zero-order valence-corrected chi connectivity index (χ0v) is 12.2. The first-order chi connectivity index (χ1) is 8.71. The van der Waals surface area contributed by atoms with Gasteiger partial charge in [-0.1, -0.05) is 11.5 Å². The maximum atomic E-state index is 10.1. The van der Waals surface area contributed by atoms with Gasteiger partial charge >= 0.3 is 7.48 Å². The molecule has 0 fully saturated rings. The van der Waals surface area contributed by atoms with Crippen LogP contribution in [0, 0.1) is 12.3 Å². The number of rotatable bonds is 4. The van der Waals surface area contributed by atoms with Gasteiger partial charge in [0.05, 0.1) is 22.1 Å². The maximum absolute atomic E-state index is 10.1. The molecule has 3 nitrogen and oxygen atoms in total. The van der Waals surface area contributed by atoms with Crippen LogP contribution >= 0.6 is 0 Å². The monoisotopic (exact) mass is 257 g/mol. The van der Waals surface area contributed by atoms with E-state index in [1.165, 1.54) is 0 Å². The van der Waals surface area contributed by atoms with Crippen LogP contribution < -0.4 is 5.46 Å². The van der Waals surface area contributed by atoms with Crippen molar-refractivity contribution in [3.8, 4) is 0 Å². The molecule has 0 aliphatic rings. The Balaban J connectivity index is 2.14. The first-order valence-electron chi connectivity index (χ1n) is 6.45. The summed E-state index contributed by atoms with van der Waals surface area (Å²) in [7, 11) is 2.42. The van der Waals surface area contributed by atoms with Gasteiger partial charge in [0.25, 0.3) is 0 Å². The summed E-state index contributed by atoms with van der Waals surface area (Å²) in [4.78, 5) is 0. The third-order valence-corrected chi connectivity index (χ3v) is 3.85. The van der Waals surface area contributed by atoms with Crippen molar-refractivity contribution < 1.29 is 9.76 Å². The molecular weight excluding hydrogens is 237 g/mol. The van der Waals surface area contributed by atoms with E-state index >= 15 is 0 Å². The van der Waals surface area contributed by atoms with Crippen molar-refractivity contribution in [2.75, 3.05) is 0 Å². The number of nitrogens with zero attached hydrogens (tertiary/aromatic N) is 1. The van der Waals surface area contributed by atoms with Crippen LogP contribution in [0.2, 0.25) is 0 Å². The molecule has 19 heavy (non-hydrogen) atoms. The Hall–Kier alpha value is -1.44. The first-order valence-corrected chi connectivity index (χ1v) is 6.45. The average molecular weight is 257 g/mol. The van der Waals surface area contributed by atoms with E-state index in [-0.39, 0.29) is 0 Å². The van der Waals surface area contributed by atoms with Crippen molar-refractivity contribution in [1.82, 2.24) is 4.57 Å². The molecule has 0 amide bonds. The predicted octanol–water partition coefficient (Wildman–Crippen LogP) is 1.32. The number of hydrogen-bond acceptors (Lipinski definition) is 2. The van der Waals surface area contributed by atoms with E-state index in [0.717, 1.165) is 16.4 Å². The smallest absolute Gasteiger partial charge is 0.309 e. The summed E-state index contributed by atoms with van der Waals surface area (Å²) < 4.78 is 7.77. The highest BCUT2D eigenvalue weighted by atomic mass is 16.5. The van der Waals surface area contributed by atoms with E-state index in [0.29, 0.717) is 7.48 Å². The van der Waals surface area contributed by atoms with Gasteiger partial charge in [0, 0.05) is 13.2 Å². The van der Waals surface area contributed by atoms with Crippen LogP contribution in [0.3, 0.4) is 0 Å². The van der Waals surface area contributed by atoms with Gasteiger partial charge < -0.3 is 14.3 Å². The molecule has 4 heteroatoms. The highest BCUT2D eigenvalue weighted by Gasteiger charge is 2.35. The van der Waals surface area contributed by atoms with E-state index < -0.39 is 11.2 Å². The standard InChI is InChI=1S/C15H20BNO2/c1-14(2,18)15(3,4)19-16-12-6-7-13-11(10-12)8-9-17(13)5/h6-7,10,16,18H,1-5H3. The third-order valence-electron chi connectivity index (χ3n) is 3.85. The Kier molecular flexibility index (Phi) is 3.38. The summed E-state index contributed by atoms with van der Waals surface area (Å²) in [6.07, 6.45) is 3.01. The second kappa shape index (κ2) is 4.59. The Morgan fingerprint density at radius 3 is 2.58 bits per heavy atom. The molecule has 0 bridgehead atoms. The molecular formula is C15H20BNO2. The summed E-state index contributed by atoms with van der Waals surface area (Å²) in [5.41, 5.74) is 0.685. The highest BCUT2D eigenvalue weighted by molar-refractivity contribution is 6.47. The van der Waals surface area contributed by atoms with Gasteiger partial charge in [-0.15, -0.1) is 0 Å². The minimum Gasteiger partial charge on any atom is -0.427 e. The molecule has 0 aliphatic heterocycles. The predicted molar refractivity (Wildman–Crippen MR) is 78.8 cm³/mol. The fourth-order valence-corrected chi connectivity index (χ4v) is 1.71. The van der Waals surface area contributed by atoms with Crippen LogP contribution in [-0.4, -0.2) is 28.4 Å². The fourth-order valence-electron chi connectivity index (χ4n) is 1.71. The molecule has 0 saturated heterocycles. The van der Waals surface area contributed by atoms with E-state index in [4.69, 9.17) is 4.65 Å². The van der Waals surface area contributed by atoms with Crippen LogP contribution in [0.5, 0.6) is 0 Å². The summed E-state index contributed by atoms with van der Waals surface area (Å²) in [5.74, 6) is 0. The number of aliphatic hydroxyl groups is 1. The van der Waals surface area contributed by atoms with Crippen LogP contribution in [0.1, 0.15) is 27.7 Å². The molecule has 1 aromatic carbocycles. The van der Waals surface area contributed by atoms with Gasteiger partial charge in [0.2, 0.25) is 0 Å². The lowest BCUT2D eigenvalue weighted by atomic mass is 9.82. The van der Waals surface area contributed by atoms with Crippen LogP contribution in [0.15, 0.2) is 18.2 Å². The summed E-state index contributed by atoms with van der Waals surface area (Å²) in [6.45, 7) is 7.31. The van der Waals surface area contributed by atoms with Gasteiger partial charge in [-0.2, -0.15) is 0 Å². The van der Waals surface area contributed by atoms with Crippen LogP contribution in [0.4, 0.5) is 0 Å². The molecule has 2 rings (SSSR count). The van der Waals surface area contributed by atoms with Gasteiger partial charge in [-0.3, -0.25) is 0 Å². The minimum absolute atomic E-state index is 0.468. The number of aromatic nitrogens is 1. The number of aryl methyl sites for hydroxylation is 1. The molecule has 0 unspecified atom stereocenters. The molecule has 1 heterocycles. The van der Waals surface area contributed by atoms with Crippen molar-refractivity contribution in [3.63, 3.8) is 0 Å². The maximum Gasteiger partial charge on any atom is 0.309 e. The molecule has 0 saturated carbocycles. The quantitative estimate of drug-likeness (QED) is 0.838. The van der Waals surface area contributed by atoms with Gasteiger partial charge in [-0.05, 0) is 45.9 Å². The number of fused-ring (bicyclic) bond motifs is 1. The molecule has 0 atom stereocenters. The third kappa shape index (κ3) is 2.78. The average Bonchev–Trinajstić information content (AvgIpc) is 2.67.